The molecule has 0 amide bonds. The van der Waals surface area contributed by atoms with Crippen LogP contribution in [0.3, 0.4) is 0 Å². The van der Waals surface area contributed by atoms with Crippen molar-refractivity contribution in [1.29, 1.82) is 0 Å². The summed E-state index contributed by atoms with van der Waals surface area (Å²) >= 11 is 0. The van der Waals surface area contributed by atoms with Gasteiger partial charge in [-0.15, -0.1) is 0 Å². The number of rotatable bonds is 4. The number of aliphatic hydroxyl groups is 1. The maximum absolute atomic E-state index is 9.90. The SMILES string of the molecule is COc1cccnc1C(O)CC1CC1. The fourth-order valence-corrected chi connectivity index (χ4v) is 1.61. The summed E-state index contributed by atoms with van der Waals surface area (Å²) in [5, 5.41) is 9.90. The van der Waals surface area contributed by atoms with Crippen LogP contribution >= 0.6 is 0 Å². The molecule has 0 radical (unpaired) electrons. The van der Waals surface area contributed by atoms with E-state index in [1.807, 2.05) is 12.1 Å². The van der Waals surface area contributed by atoms with Crippen LogP contribution < -0.4 is 4.74 Å². The zero-order valence-corrected chi connectivity index (χ0v) is 8.31. The maximum atomic E-state index is 9.90. The highest BCUT2D eigenvalue weighted by molar-refractivity contribution is 5.28. The first kappa shape index (κ1) is 9.46. The van der Waals surface area contributed by atoms with Crippen LogP contribution in [0.5, 0.6) is 5.75 Å². The molecule has 0 saturated heterocycles. The molecule has 1 saturated carbocycles. The molecule has 1 aliphatic carbocycles. The van der Waals surface area contributed by atoms with Gasteiger partial charge in [-0.3, -0.25) is 4.98 Å². The van der Waals surface area contributed by atoms with Crippen LogP contribution in [0.2, 0.25) is 0 Å². The lowest BCUT2D eigenvalue weighted by Crippen LogP contribution is -2.03. The van der Waals surface area contributed by atoms with E-state index < -0.39 is 6.10 Å². The molecule has 3 nitrogen and oxygen atoms in total. The molecule has 1 N–H and O–H groups in total. The van der Waals surface area contributed by atoms with Crippen LogP contribution in [0, 0.1) is 5.92 Å². The smallest absolute Gasteiger partial charge is 0.143 e. The molecule has 3 heteroatoms. The van der Waals surface area contributed by atoms with E-state index in [9.17, 15) is 5.11 Å². The van der Waals surface area contributed by atoms with E-state index in [-0.39, 0.29) is 0 Å². The van der Waals surface area contributed by atoms with Crippen molar-refractivity contribution in [3.63, 3.8) is 0 Å². The Labute approximate surface area is 83.7 Å². The van der Waals surface area contributed by atoms with Gasteiger partial charge in [0.2, 0.25) is 0 Å². The molecule has 1 unspecified atom stereocenters. The lowest BCUT2D eigenvalue weighted by atomic mass is 10.1. The van der Waals surface area contributed by atoms with Crippen molar-refractivity contribution < 1.29 is 9.84 Å². The number of hydrogen-bond donors (Lipinski definition) is 1. The van der Waals surface area contributed by atoms with Gasteiger partial charge in [0.25, 0.3) is 0 Å². The second-order valence-electron chi connectivity index (χ2n) is 3.79. The second kappa shape index (κ2) is 3.96. The Morgan fingerprint density at radius 1 is 1.64 bits per heavy atom. The number of pyridine rings is 1. The number of aliphatic hydroxyl groups excluding tert-OH is 1. The number of methoxy groups -OCH3 is 1. The average molecular weight is 193 g/mol. The van der Waals surface area contributed by atoms with Gasteiger partial charge in [-0.25, -0.2) is 0 Å². The Morgan fingerprint density at radius 2 is 2.43 bits per heavy atom. The summed E-state index contributed by atoms with van der Waals surface area (Å²) in [5.74, 6) is 1.37. The Balaban J connectivity index is 2.11. The van der Waals surface area contributed by atoms with Crippen molar-refractivity contribution in [3.8, 4) is 5.75 Å². The number of ether oxygens (including phenoxy) is 1. The fourth-order valence-electron chi connectivity index (χ4n) is 1.61. The van der Waals surface area contributed by atoms with E-state index in [1.165, 1.54) is 12.8 Å². The van der Waals surface area contributed by atoms with Gasteiger partial charge < -0.3 is 9.84 Å². The Bertz CT molecular complexity index is 310. The summed E-state index contributed by atoms with van der Waals surface area (Å²) in [4.78, 5) is 4.16. The fraction of sp³-hybridized carbons (Fsp3) is 0.545. The highest BCUT2D eigenvalue weighted by Crippen LogP contribution is 2.38. The normalized spacial score (nSPS) is 17.9. The van der Waals surface area contributed by atoms with Crippen LogP contribution in [-0.4, -0.2) is 17.2 Å². The summed E-state index contributed by atoms with van der Waals surface area (Å²) in [5.41, 5.74) is 0.668. The van der Waals surface area contributed by atoms with Gasteiger partial charge in [-0.05, 0) is 24.5 Å². The molecular formula is C11H15NO2. The van der Waals surface area contributed by atoms with Crippen LogP contribution in [0.25, 0.3) is 0 Å². The summed E-state index contributed by atoms with van der Waals surface area (Å²) in [6.07, 6.45) is 4.51. The third kappa shape index (κ3) is 2.04. The maximum Gasteiger partial charge on any atom is 0.143 e. The first-order chi connectivity index (χ1) is 6.81. The third-order valence-corrected chi connectivity index (χ3v) is 2.59. The van der Waals surface area contributed by atoms with Crippen LogP contribution in [-0.2, 0) is 0 Å². The quantitative estimate of drug-likeness (QED) is 0.794. The van der Waals surface area contributed by atoms with Crippen molar-refractivity contribution >= 4 is 0 Å². The highest BCUT2D eigenvalue weighted by Gasteiger charge is 2.27. The van der Waals surface area contributed by atoms with E-state index in [1.54, 1.807) is 13.3 Å². The molecule has 1 atom stereocenters. The van der Waals surface area contributed by atoms with Gasteiger partial charge in [0.1, 0.15) is 11.4 Å². The van der Waals surface area contributed by atoms with Gasteiger partial charge in [0.15, 0.2) is 0 Å². The average Bonchev–Trinajstić information content (AvgIpc) is 3.01. The van der Waals surface area contributed by atoms with Gasteiger partial charge >= 0.3 is 0 Å². The van der Waals surface area contributed by atoms with E-state index >= 15 is 0 Å². The Hall–Kier alpha value is -1.09. The summed E-state index contributed by atoms with van der Waals surface area (Å²) < 4.78 is 5.15. The van der Waals surface area contributed by atoms with E-state index in [4.69, 9.17) is 4.74 Å². The zero-order chi connectivity index (χ0) is 9.97. The molecule has 76 valence electrons. The summed E-state index contributed by atoms with van der Waals surface area (Å²) in [6.45, 7) is 0. The summed E-state index contributed by atoms with van der Waals surface area (Å²) in [6, 6.07) is 3.64. The second-order valence-corrected chi connectivity index (χ2v) is 3.79. The van der Waals surface area contributed by atoms with Gasteiger partial charge in [0.05, 0.1) is 13.2 Å². The predicted octanol–water partition coefficient (Wildman–Crippen LogP) is 1.92. The van der Waals surface area contributed by atoms with Crippen molar-refractivity contribution in [3.05, 3.63) is 24.0 Å². The minimum absolute atomic E-state index is 0.473. The van der Waals surface area contributed by atoms with Gasteiger partial charge in [-0.2, -0.15) is 0 Å². The number of aromatic nitrogens is 1. The van der Waals surface area contributed by atoms with Crippen LogP contribution in [0.15, 0.2) is 18.3 Å². The molecule has 0 aromatic carbocycles. The standard InChI is InChI=1S/C11H15NO2/c1-14-10-3-2-6-12-11(10)9(13)7-8-4-5-8/h2-3,6,8-9,13H,4-5,7H2,1H3. The van der Waals surface area contributed by atoms with Crippen LogP contribution in [0.1, 0.15) is 31.1 Å². The zero-order valence-electron chi connectivity index (χ0n) is 8.31. The number of nitrogens with zero attached hydrogens (tertiary/aromatic N) is 1. The van der Waals surface area contributed by atoms with E-state index in [0.29, 0.717) is 17.4 Å². The molecular weight excluding hydrogens is 178 g/mol. The largest absolute Gasteiger partial charge is 0.495 e. The van der Waals surface area contributed by atoms with Crippen molar-refractivity contribution in [2.24, 2.45) is 5.92 Å². The molecule has 14 heavy (non-hydrogen) atoms. The lowest BCUT2D eigenvalue weighted by Gasteiger charge is -2.12. The van der Waals surface area contributed by atoms with Crippen molar-refractivity contribution in [2.45, 2.75) is 25.4 Å². The number of hydrogen-bond acceptors (Lipinski definition) is 3. The van der Waals surface area contributed by atoms with Crippen LogP contribution in [0.4, 0.5) is 0 Å². The highest BCUT2D eigenvalue weighted by atomic mass is 16.5. The minimum Gasteiger partial charge on any atom is -0.495 e. The molecule has 1 aromatic rings. The monoisotopic (exact) mass is 193 g/mol. The summed E-state index contributed by atoms with van der Waals surface area (Å²) in [7, 11) is 1.60. The molecule has 1 fully saturated rings. The molecule has 1 aromatic heterocycles. The molecule has 0 spiro atoms. The Kier molecular flexibility index (Phi) is 2.68. The van der Waals surface area contributed by atoms with E-state index in [2.05, 4.69) is 4.98 Å². The predicted molar refractivity (Wildman–Crippen MR) is 53.1 cm³/mol. The molecule has 0 aliphatic heterocycles. The lowest BCUT2D eigenvalue weighted by molar-refractivity contribution is 0.151. The Morgan fingerprint density at radius 3 is 3.07 bits per heavy atom. The minimum atomic E-state index is -0.473. The van der Waals surface area contributed by atoms with Crippen molar-refractivity contribution in [2.75, 3.05) is 7.11 Å². The first-order valence-electron chi connectivity index (χ1n) is 4.98. The third-order valence-electron chi connectivity index (χ3n) is 2.59. The topological polar surface area (TPSA) is 42.4 Å². The first-order valence-corrected chi connectivity index (χ1v) is 4.98. The van der Waals surface area contributed by atoms with Crippen molar-refractivity contribution in [1.82, 2.24) is 4.98 Å². The molecule has 2 rings (SSSR count). The van der Waals surface area contributed by atoms with Gasteiger partial charge in [0, 0.05) is 6.20 Å². The molecule has 1 heterocycles. The van der Waals surface area contributed by atoms with Gasteiger partial charge in [-0.1, -0.05) is 12.8 Å². The molecule has 0 bridgehead atoms. The van der Waals surface area contributed by atoms with E-state index in [0.717, 1.165) is 6.42 Å². The molecule has 1 aliphatic rings.